The van der Waals surface area contributed by atoms with Crippen molar-refractivity contribution in [3.05, 3.63) is 0 Å². The fraction of sp³-hybridized carbons (Fsp3) is 1.00. The summed E-state index contributed by atoms with van der Waals surface area (Å²) < 4.78 is 0. The van der Waals surface area contributed by atoms with Gasteiger partial charge in [0.25, 0.3) is 0 Å². The van der Waals surface area contributed by atoms with Gasteiger partial charge in [-0.25, -0.2) is 0 Å². The van der Waals surface area contributed by atoms with Crippen LogP contribution in [0.3, 0.4) is 0 Å². The van der Waals surface area contributed by atoms with E-state index in [0.717, 1.165) is 28.4 Å². The molecule has 0 N–H and O–H groups in total. The number of fused-ring (bicyclic) bond motifs is 2. The Morgan fingerprint density at radius 1 is 1.14 bits per heavy atom. The highest BCUT2D eigenvalue weighted by atomic mass is 79.9. The summed E-state index contributed by atoms with van der Waals surface area (Å²) in [6.07, 6.45) is 7.55. The molecule has 2 bridgehead atoms. The molecule has 0 aliphatic heterocycles. The molecule has 0 amide bonds. The molecule has 0 nitrogen and oxygen atoms in total. The van der Waals surface area contributed by atoms with Crippen LogP contribution in [0.25, 0.3) is 0 Å². The quantitative estimate of drug-likeness (QED) is 0.663. The van der Waals surface area contributed by atoms with Crippen LogP contribution in [0.4, 0.5) is 0 Å². The summed E-state index contributed by atoms with van der Waals surface area (Å²) in [6, 6.07) is 0. The Labute approximate surface area is 104 Å². The number of hydrogen-bond acceptors (Lipinski definition) is 0. The lowest BCUT2D eigenvalue weighted by atomic mass is 9.77. The molecule has 2 fully saturated rings. The maximum absolute atomic E-state index is 3.66. The van der Waals surface area contributed by atoms with Gasteiger partial charge in [-0.1, -0.05) is 45.2 Å². The van der Waals surface area contributed by atoms with Crippen molar-refractivity contribution in [1.29, 1.82) is 0 Å². The molecule has 3 atom stereocenters. The minimum Gasteiger partial charge on any atom is -0.0922 e. The summed E-state index contributed by atoms with van der Waals surface area (Å²) in [5.74, 6) is 3.21. The highest BCUT2D eigenvalue weighted by Gasteiger charge is 2.41. The molecule has 2 saturated carbocycles. The first kappa shape index (κ1) is 11.4. The molecule has 0 aromatic heterocycles. The summed E-state index contributed by atoms with van der Waals surface area (Å²) in [5.41, 5.74) is 0.481. The minimum atomic E-state index is 0.481. The van der Waals surface area contributed by atoms with E-state index in [1.807, 2.05) is 0 Å². The van der Waals surface area contributed by atoms with Gasteiger partial charge in [-0.05, 0) is 48.9 Å². The van der Waals surface area contributed by atoms with Crippen molar-refractivity contribution in [2.45, 2.75) is 39.0 Å². The second-order valence-corrected chi connectivity index (χ2v) is 6.84. The Balaban J connectivity index is 1.91. The first-order chi connectivity index (χ1) is 6.67. The normalized spacial score (nSPS) is 36.6. The van der Waals surface area contributed by atoms with Gasteiger partial charge in [-0.3, -0.25) is 0 Å². The summed E-state index contributed by atoms with van der Waals surface area (Å²) in [4.78, 5) is 0. The summed E-state index contributed by atoms with van der Waals surface area (Å²) in [5, 5.41) is 2.28. The van der Waals surface area contributed by atoms with E-state index in [2.05, 4.69) is 38.8 Å². The van der Waals surface area contributed by atoms with Crippen molar-refractivity contribution in [2.24, 2.45) is 23.2 Å². The predicted octanol–water partition coefficient (Wildman–Crippen LogP) is 4.61. The third-order valence-electron chi connectivity index (χ3n) is 4.28. The summed E-state index contributed by atoms with van der Waals surface area (Å²) >= 11 is 7.32. The molecule has 0 heterocycles. The predicted molar refractivity (Wildman–Crippen MR) is 69.3 cm³/mol. The molecule has 0 saturated heterocycles. The van der Waals surface area contributed by atoms with Gasteiger partial charge >= 0.3 is 0 Å². The van der Waals surface area contributed by atoms with Crippen LogP contribution in [0.5, 0.6) is 0 Å². The van der Waals surface area contributed by atoms with Crippen molar-refractivity contribution in [1.82, 2.24) is 0 Å². The van der Waals surface area contributed by atoms with Crippen LogP contribution in [-0.4, -0.2) is 10.7 Å². The monoisotopic (exact) mass is 322 g/mol. The highest BCUT2D eigenvalue weighted by Crippen LogP contribution is 2.52. The first-order valence-corrected chi connectivity index (χ1v) is 8.03. The third-order valence-corrected chi connectivity index (χ3v) is 6.99. The average molecular weight is 324 g/mol. The van der Waals surface area contributed by atoms with Crippen molar-refractivity contribution < 1.29 is 0 Å². The maximum atomic E-state index is 3.66. The molecule has 2 heteroatoms. The SMILES string of the molecule is CC(CBr)(CBr)CC1CC2CCC1C2. The van der Waals surface area contributed by atoms with Gasteiger partial charge in [-0.2, -0.15) is 0 Å². The van der Waals surface area contributed by atoms with Gasteiger partial charge in [0, 0.05) is 10.7 Å². The lowest BCUT2D eigenvalue weighted by molar-refractivity contribution is 0.233. The topological polar surface area (TPSA) is 0 Å². The maximum Gasteiger partial charge on any atom is 0.00934 e. The number of rotatable bonds is 4. The van der Waals surface area contributed by atoms with Gasteiger partial charge in [0.15, 0.2) is 0 Å². The highest BCUT2D eigenvalue weighted by molar-refractivity contribution is 9.09. The Bertz CT molecular complexity index is 198. The molecule has 0 aromatic rings. The van der Waals surface area contributed by atoms with Crippen LogP contribution in [0.15, 0.2) is 0 Å². The molecule has 3 unspecified atom stereocenters. The standard InChI is InChI=1S/C12H20Br2/c1-12(7-13,8-14)6-11-5-9-2-3-10(11)4-9/h9-11H,2-8H2,1H3. The van der Waals surface area contributed by atoms with Crippen LogP contribution in [0.2, 0.25) is 0 Å². The second-order valence-electron chi connectivity index (χ2n) is 5.72. The molecule has 0 radical (unpaired) electrons. The Morgan fingerprint density at radius 3 is 2.29 bits per heavy atom. The Kier molecular flexibility index (Phi) is 3.64. The number of hydrogen-bond donors (Lipinski definition) is 0. The van der Waals surface area contributed by atoms with E-state index in [4.69, 9.17) is 0 Å². The van der Waals surface area contributed by atoms with Crippen molar-refractivity contribution in [2.75, 3.05) is 10.7 Å². The summed E-state index contributed by atoms with van der Waals surface area (Å²) in [6.45, 7) is 2.41. The molecule has 0 spiro atoms. The fourth-order valence-electron chi connectivity index (χ4n) is 3.40. The van der Waals surface area contributed by atoms with E-state index in [1.165, 1.54) is 25.7 Å². The molecular weight excluding hydrogens is 304 g/mol. The molecule has 14 heavy (non-hydrogen) atoms. The van der Waals surface area contributed by atoms with Crippen LogP contribution in [0.1, 0.15) is 39.0 Å². The van der Waals surface area contributed by atoms with E-state index in [9.17, 15) is 0 Å². The zero-order valence-electron chi connectivity index (χ0n) is 8.94. The minimum absolute atomic E-state index is 0.481. The van der Waals surface area contributed by atoms with Gasteiger partial charge in [0.05, 0.1) is 0 Å². The van der Waals surface area contributed by atoms with Crippen LogP contribution >= 0.6 is 31.9 Å². The molecule has 2 aliphatic carbocycles. The van der Waals surface area contributed by atoms with Gasteiger partial charge in [0.2, 0.25) is 0 Å². The largest absolute Gasteiger partial charge is 0.0922 e. The lowest BCUT2D eigenvalue weighted by Gasteiger charge is -2.32. The van der Waals surface area contributed by atoms with Crippen molar-refractivity contribution in [3.63, 3.8) is 0 Å². The zero-order valence-corrected chi connectivity index (χ0v) is 12.1. The Hall–Kier alpha value is 0.960. The van der Waals surface area contributed by atoms with Crippen molar-refractivity contribution >= 4 is 31.9 Å². The first-order valence-electron chi connectivity index (χ1n) is 5.79. The number of halogens is 2. The fourth-order valence-corrected chi connectivity index (χ4v) is 4.79. The average Bonchev–Trinajstić information content (AvgIpc) is 2.79. The van der Waals surface area contributed by atoms with E-state index in [0.29, 0.717) is 5.41 Å². The van der Waals surface area contributed by atoms with Gasteiger partial charge in [-0.15, -0.1) is 0 Å². The van der Waals surface area contributed by atoms with Crippen molar-refractivity contribution in [3.8, 4) is 0 Å². The smallest absolute Gasteiger partial charge is 0.00934 e. The number of alkyl halides is 2. The third kappa shape index (κ3) is 2.21. The molecule has 82 valence electrons. The zero-order chi connectivity index (χ0) is 10.2. The lowest BCUT2D eigenvalue weighted by Crippen LogP contribution is -2.26. The summed E-state index contributed by atoms with van der Waals surface area (Å²) in [7, 11) is 0. The van der Waals surface area contributed by atoms with Crippen LogP contribution < -0.4 is 0 Å². The second kappa shape index (κ2) is 4.45. The van der Waals surface area contributed by atoms with Crippen LogP contribution in [-0.2, 0) is 0 Å². The van der Waals surface area contributed by atoms with Gasteiger partial charge < -0.3 is 0 Å². The molecule has 2 rings (SSSR count). The molecule has 0 aromatic carbocycles. The van der Waals surface area contributed by atoms with Gasteiger partial charge in [0.1, 0.15) is 0 Å². The van der Waals surface area contributed by atoms with E-state index < -0.39 is 0 Å². The molecular formula is C12H20Br2. The van der Waals surface area contributed by atoms with Crippen LogP contribution in [0, 0.1) is 23.2 Å². The Morgan fingerprint density at radius 2 is 1.86 bits per heavy atom. The molecule has 2 aliphatic rings. The van der Waals surface area contributed by atoms with E-state index >= 15 is 0 Å². The van der Waals surface area contributed by atoms with E-state index in [-0.39, 0.29) is 0 Å². The van der Waals surface area contributed by atoms with E-state index in [1.54, 1.807) is 6.42 Å².